The Kier molecular flexibility index (Phi) is 44.9. The van der Waals surface area contributed by atoms with E-state index in [2.05, 4.69) is 45.1 Å². The third-order valence-corrected chi connectivity index (χ3v) is 11.0. The summed E-state index contributed by atoms with van der Waals surface area (Å²) < 4.78 is 16.6. The number of carbonyl (C=O) groups is 3. The van der Waals surface area contributed by atoms with Gasteiger partial charge in [0.15, 0.2) is 6.10 Å². The van der Waals surface area contributed by atoms with Crippen molar-refractivity contribution in [3.05, 3.63) is 24.3 Å². The molecule has 0 N–H and O–H groups in total. The number of allylic oxidation sites excluding steroid dienone is 4. The normalized spacial score (nSPS) is 12.1. The summed E-state index contributed by atoms with van der Waals surface area (Å²) in [6.45, 7) is 6.57. The topological polar surface area (TPSA) is 78.9 Å². The van der Waals surface area contributed by atoms with E-state index in [1.807, 2.05) is 0 Å². The average Bonchev–Trinajstić information content (AvgIpc) is 3.21. The third kappa shape index (κ3) is 44.8. The van der Waals surface area contributed by atoms with Crippen LogP contribution in [0.3, 0.4) is 0 Å². The fraction of sp³-hybridized carbons (Fsp3) is 0.863. The minimum absolute atomic E-state index is 0.0689. The van der Waals surface area contributed by atoms with Gasteiger partial charge < -0.3 is 14.2 Å². The highest BCUT2D eigenvalue weighted by atomic mass is 16.6. The van der Waals surface area contributed by atoms with Crippen LogP contribution in [0.2, 0.25) is 0 Å². The molecule has 0 heterocycles. The first-order valence-corrected chi connectivity index (χ1v) is 24.8. The van der Waals surface area contributed by atoms with Gasteiger partial charge in [0.25, 0.3) is 0 Å². The van der Waals surface area contributed by atoms with Crippen molar-refractivity contribution in [1.82, 2.24) is 0 Å². The lowest BCUT2D eigenvalue weighted by atomic mass is 10.0. The van der Waals surface area contributed by atoms with E-state index in [9.17, 15) is 14.4 Å². The van der Waals surface area contributed by atoms with Crippen LogP contribution in [0, 0.1) is 0 Å². The van der Waals surface area contributed by atoms with Crippen LogP contribution in [0.15, 0.2) is 24.3 Å². The molecule has 0 saturated carbocycles. The molecule has 0 fully saturated rings. The quantitative estimate of drug-likeness (QED) is 0.0264. The standard InChI is InChI=1S/C51H94O6/c1-4-7-10-13-16-18-20-21-22-23-24-25-26-27-28-29-30-31-32-34-35-38-41-44-50(53)56-47-48(46-55-49(52)43-40-37-15-12-9-6-3)57-51(54)45-42-39-36-33-19-17-14-11-8-5-2/h20-21,23-24,48H,4-19,22,25-47H2,1-3H3/b21-20-,24-23-. The van der Waals surface area contributed by atoms with Gasteiger partial charge in [-0.2, -0.15) is 0 Å². The van der Waals surface area contributed by atoms with Crippen LogP contribution in [-0.4, -0.2) is 37.2 Å². The van der Waals surface area contributed by atoms with E-state index in [1.165, 1.54) is 161 Å². The highest BCUT2D eigenvalue weighted by Crippen LogP contribution is 2.15. The number of hydrogen-bond acceptors (Lipinski definition) is 6. The molecule has 0 aromatic carbocycles. The first kappa shape index (κ1) is 54.9. The molecule has 0 aliphatic carbocycles. The van der Waals surface area contributed by atoms with Crippen molar-refractivity contribution in [3.63, 3.8) is 0 Å². The number of hydrogen-bond donors (Lipinski definition) is 0. The molecule has 57 heavy (non-hydrogen) atoms. The fourth-order valence-corrected chi connectivity index (χ4v) is 7.18. The Labute approximate surface area is 353 Å². The van der Waals surface area contributed by atoms with E-state index in [0.717, 1.165) is 64.2 Å². The lowest BCUT2D eigenvalue weighted by Crippen LogP contribution is -2.30. The van der Waals surface area contributed by atoms with E-state index in [1.54, 1.807) is 0 Å². The van der Waals surface area contributed by atoms with Crippen LogP contribution in [0.5, 0.6) is 0 Å². The summed E-state index contributed by atoms with van der Waals surface area (Å²) in [4.78, 5) is 37.6. The predicted octanol–water partition coefficient (Wildman–Crippen LogP) is 16.0. The molecule has 0 aliphatic rings. The predicted molar refractivity (Wildman–Crippen MR) is 243 cm³/mol. The summed E-state index contributed by atoms with van der Waals surface area (Å²) in [6, 6.07) is 0. The second-order valence-corrected chi connectivity index (χ2v) is 16.7. The monoisotopic (exact) mass is 803 g/mol. The summed E-state index contributed by atoms with van der Waals surface area (Å²) in [5, 5.41) is 0. The molecule has 0 radical (unpaired) electrons. The molecule has 6 heteroatoms. The molecule has 0 rings (SSSR count). The molecular weight excluding hydrogens is 709 g/mol. The summed E-state index contributed by atoms with van der Waals surface area (Å²) in [5.74, 6) is -0.874. The Balaban J connectivity index is 4.08. The first-order chi connectivity index (χ1) is 28.0. The van der Waals surface area contributed by atoms with Gasteiger partial charge in [0.05, 0.1) is 0 Å². The molecule has 1 unspecified atom stereocenters. The lowest BCUT2D eigenvalue weighted by molar-refractivity contribution is -0.167. The van der Waals surface area contributed by atoms with E-state index in [0.29, 0.717) is 19.3 Å². The maximum Gasteiger partial charge on any atom is 0.306 e. The van der Waals surface area contributed by atoms with Crippen LogP contribution < -0.4 is 0 Å². The summed E-state index contributed by atoms with van der Waals surface area (Å²) in [6.07, 6.45) is 51.9. The van der Waals surface area contributed by atoms with Crippen molar-refractivity contribution in [3.8, 4) is 0 Å². The van der Waals surface area contributed by atoms with Crippen LogP contribution in [0.4, 0.5) is 0 Å². The molecule has 0 aliphatic heterocycles. The second-order valence-electron chi connectivity index (χ2n) is 16.7. The van der Waals surface area contributed by atoms with Gasteiger partial charge in [-0.3, -0.25) is 14.4 Å². The van der Waals surface area contributed by atoms with E-state index in [-0.39, 0.29) is 31.1 Å². The number of ether oxygens (including phenoxy) is 3. The molecule has 6 nitrogen and oxygen atoms in total. The van der Waals surface area contributed by atoms with E-state index in [4.69, 9.17) is 14.2 Å². The number of rotatable bonds is 45. The Morgan fingerprint density at radius 3 is 0.965 bits per heavy atom. The van der Waals surface area contributed by atoms with Crippen molar-refractivity contribution < 1.29 is 28.6 Å². The molecule has 0 aromatic rings. The van der Waals surface area contributed by atoms with Crippen molar-refractivity contribution in [2.24, 2.45) is 0 Å². The fourth-order valence-electron chi connectivity index (χ4n) is 7.18. The minimum atomic E-state index is -0.762. The van der Waals surface area contributed by atoms with Crippen LogP contribution in [-0.2, 0) is 28.6 Å². The zero-order chi connectivity index (χ0) is 41.5. The molecular formula is C51H94O6. The van der Waals surface area contributed by atoms with Crippen molar-refractivity contribution in [2.45, 2.75) is 271 Å². The SMILES string of the molecule is CCCCCCC/C=C\C/C=C\CCCCCCCCCCCCCC(=O)OCC(COC(=O)CCCCCCCC)OC(=O)CCCCCCCCCCCC. The first-order valence-electron chi connectivity index (χ1n) is 24.8. The Hall–Kier alpha value is -2.11. The van der Waals surface area contributed by atoms with E-state index < -0.39 is 6.10 Å². The molecule has 1 atom stereocenters. The van der Waals surface area contributed by atoms with E-state index >= 15 is 0 Å². The largest absolute Gasteiger partial charge is 0.462 e. The highest BCUT2D eigenvalue weighted by molar-refractivity contribution is 5.71. The van der Waals surface area contributed by atoms with Gasteiger partial charge in [0.2, 0.25) is 0 Å². The summed E-state index contributed by atoms with van der Waals surface area (Å²) in [5.41, 5.74) is 0. The van der Waals surface area contributed by atoms with Gasteiger partial charge in [-0.05, 0) is 51.4 Å². The number of esters is 3. The molecule has 0 bridgehead atoms. The molecule has 0 amide bonds. The van der Waals surface area contributed by atoms with Crippen LogP contribution in [0.1, 0.15) is 265 Å². The molecule has 0 spiro atoms. The zero-order valence-electron chi connectivity index (χ0n) is 38.1. The average molecular weight is 803 g/mol. The van der Waals surface area contributed by atoms with Crippen LogP contribution in [0.25, 0.3) is 0 Å². The molecule has 0 aromatic heterocycles. The summed E-state index contributed by atoms with van der Waals surface area (Å²) in [7, 11) is 0. The van der Waals surface area contributed by atoms with Gasteiger partial charge in [-0.15, -0.1) is 0 Å². The van der Waals surface area contributed by atoms with Gasteiger partial charge in [-0.1, -0.05) is 218 Å². The van der Waals surface area contributed by atoms with Gasteiger partial charge in [0, 0.05) is 19.3 Å². The van der Waals surface area contributed by atoms with Crippen LogP contribution >= 0.6 is 0 Å². The number of unbranched alkanes of at least 4 members (excludes halogenated alkanes) is 30. The minimum Gasteiger partial charge on any atom is -0.462 e. The van der Waals surface area contributed by atoms with Gasteiger partial charge in [0.1, 0.15) is 13.2 Å². The zero-order valence-corrected chi connectivity index (χ0v) is 38.1. The van der Waals surface area contributed by atoms with Gasteiger partial charge >= 0.3 is 17.9 Å². The lowest BCUT2D eigenvalue weighted by Gasteiger charge is -2.18. The second kappa shape index (κ2) is 46.6. The van der Waals surface area contributed by atoms with Crippen molar-refractivity contribution in [2.75, 3.05) is 13.2 Å². The Morgan fingerprint density at radius 1 is 0.351 bits per heavy atom. The summed E-state index contributed by atoms with van der Waals surface area (Å²) >= 11 is 0. The highest BCUT2D eigenvalue weighted by Gasteiger charge is 2.19. The van der Waals surface area contributed by atoms with Gasteiger partial charge in [-0.25, -0.2) is 0 Å². The van der Waals surface area contributed by atoms with Crippen molar-refractivity contribution in [1.29, 1.82) is 0 Å². The maximum atomic E-state index is 12.7. The Morgan fingerprint density at radius 2 is 0.632 bits per heavy atom. The van der Waals surface area contributed by atoms with Crippen molar-refractivity contribution >= 4 is 17.9 Å². The molecule has 334 valence electrons. The Bertz CT molecular complexity index is 927. The smallest absolute Gasteiger partial charge is 0.306 e. The maximum absolute atomic E-state index is 12.7. The molecule has 0 saturated heterocycles. The third-order valence-electron chi connectivity index (χ3n) is 11.0. The number of carbonyl (C=O) groups excluding carboxylic acids is 3.